The van der Waals surface area contributed by atoms with Crippen LogP contribution in [0, 0.1) is 11.8 Å². The van der Waals surface area contributed by atoms with Crippen LogP contribution >= 0.6 is 0 Å². The molecule has 0 aromatic carbocycles. The fourth-order valence-corrected chi connectivity index (χ4v) is 1.97. The third kappa shape index (κ3) is 6.56. The SMILES string of the molecule is CC.CC.CC1C=CC=CC(C2=CC(C)C=CC=C2)=C1. The summed E-state index contributed by atoms with van der Waals surface area (Å²) < 4.78 is 0. The molecule has 0 saturated carbocycles. The summed E-state index contributed by atoms with van der Waals surface area (Å²) in [6, 6.07) is 0. The van der Waals surface area contributed by atoms with Gasteiger partial charge in [-0.15, -0.1) is 0 Å². The second kappa shape index (κ2) is 11.3. The van der Waals surface area contributed by atoms with Crippen LogP contribution in [0.5, 0.6) is 0 Å². The summed E-state index contributed by atoms with van der Waals surface area (Å²) in [4.78, 5) is 0. The van der Waals surface area contributed by atoms with Gasteiger partial charge >= 0.3 is 0 Å². The molecule has 0 aromatic heterocycles. The highest BCUT2D eigenvalue weighted by Crippen LogP contribution is 2.22. The zero-order chi connectivity index (χ0) is 15.4. The minimum atomic E-state index is 0.505. The number of hydrogen-bond acceptors (Lipinski definition) is 0. The molecule has 0 spiro atoms. The zero-order valence-corrected chi connectivity index (χ0v) is 13.9. The van der Waals surface area contributed by atoms with Crippen molar-refractivity contribution in [3.63, 3.8) is 0 Å². The first-order chi connectivity index (χ1) is 9.75. The van der Waals surface area contributed by atoms with Crippen LogP contribution in [0.3, 0.4) is 0 Å². The van der Waals surface area contributed by atoms with Gasteiger partial charge in [-0.3, -0.25) is 0 Å². The normalized spacial score (nSPS) is 23.3. The molecule has 0 aromatic rings. The van der Waals surface area contributed by atoms with E-state index >= 15 is 0 Å². The van der Waals surface area contributed by atoms with Gasteiger partial charge in [-0.05, 0) is 23.0 Å². The molecule has 0 fully saturated rings. The van der Waals surface area contributed by atoms with Gasteiger partial charge in [0.05, 0.1) is 0 Å². The van der Waals surface area contributed by atoms with E-state index in [0.29, 0.717) is 11.8 Å². The molecule has 0 heterocycles. The molecule has 110 valence electrons. The van der Waals surface area contributed by atoms with Crippen molar-refractivity contribution in [2.24, 2.45) is 11.8 Å². The molecule has 0 N–H and O–H groups in total. The van der Waals surface area contributed by atoms with Crippen LogP contribution in [0.2, 0.25) is 0 Å². The summed E-state index contributed by atoms with van der Waals surface area (Å²) in [5.74, 6) is 1.01. The lowest BCUT2D eigenvalue weighted by Crippen LogP contribution is -1.90. The van der Waals surface area contributed by atoms with Crippen molar-refractivity contribution in [3.8, 4) is 0 Å². The number of hydrogen-bond donors (Lipinski definition) is 0. The molecular weight excluding hydrogens is 240 g/mol. The fourth-order valence-electron chi connectivity index (χ4n) is 1.97. The van der Waals surface area contributed by atoms with Crippen molar-refractivity contribution in [3.05, 3.63) is 71.9 Å². The van der Waals surface area contributed by atoms with Gasteiger partial charge in [-0.1, -0.05) is 102 Å². The van der Waals surface area contributed by atoms with Gasteiger partial charge in [0.15, 0.2) is 0 Å². The monoisotopic (exact) mass is 270 g/mol. The van der Waals surface area contributed by atoms with Crippen molar-refractivity contribution < 1.29 is 0 Å². The molecule has 0 amide bonds. The van der Waals surface area contributed by atoms with Crippen LogP contribution in [-0.2, 0) is 0 Å². The molecule has 0 heteroatoms. The predicted molar refractivity (Wildman–Crippen MR) is 93.8 cm³/mol. The smallest absolute Gasteiger partial charge is 0.00696 e. The fraction of sp³-hybridized carbons (Fsp3) is 0.400. The first-order valence-electron chi connectivity index (χ1n) is 7.89. The molecule has 2 aliphatic rings. The Bertz CT molecular complexity index is 383. The van der Waals surface area contributed by atoms with E-state index in [-0.39, 0.29) is 0 Å². The number of rotatable bonds is 1. The highest BCUT2D eigenvalue weighted by atomic mass is 14.1. The molecule has 0 nitrogen and oxygen atoms in total. The summed E-state index contributed by atoms with van der Waals surface area (Å²) in [5, 5.41) is 0. The molecule has 0 radical (unpaired) electrons. The van der Waals surface area contributed by atoms with Crippen molar-refractivity contribution >= 4 is 0 Å². The second-order valence-corrected chi connectivity index (χ2v) is 4.45. The lowest BCUT2D eigenvalue weighted by Gasteiger charge is -2.06. The zero-order valence-electron chi connectivity index (χ0n) is 13.9. The Labute approximate surface area is 126 Å². The van der Waals surface area contributed by atoms with Gasteiger partial charge in [0.1, 0.15) is 0 Å². The Morgan fingerprint density at radius 2 is 0.950 bits per heavy atom. The second-order valence-electron chi connectivity index (χ2n) is 4.45. The maximum atomic E-state index is 2.31. The average Bonchev–Trinajstić information content (AvgIpc) is 2.83. The molecule has 2 atom stereocenters. The van der Waals surface area contributed by atoms with Crippen LogP contribution in [0.4, 0.5) is 0 Å². The van der Waals surface area contributed by atoms with Gasteiger partial charge in [0.2, 0.25) is 0 Å². The lowest BCUT2D eigenvalue weighted by molar-refractivity contribution is 0.923. The molecule has 0 saturated heterocycles. The molecule has 2 rings (SSSR count). The van der Waals surface area contributed by atoms with Gasteiger partial charge in [0, 0.05) is 0 Å². The summed E-state index contributed by atoms with van der Waals surface area (Å²) in [5.41, 5.74) is 2.65. The van der Waals surface area contributed by atoms with E-state index in [9.17, 15) is 0 Å². The molecule has 20 heavy (non-hydrogen) atoms. The Balaban J connectivity index is 0.000000829. The standard InChI is InChI=1S/C16H18.2C2H6/c1-13-7-3-5-9-15(11-13)16-10-6-4-8-14(2)12-16;2*1-2/h3-14H,1-2H3;2*1-2H3. The Morgan fingerprint density at radius 3 is 1.30 bits per heavy atom. The van der Waals surface area contributed by atoms with Gasteiger partial charge in [-0.25, -0.2) is 0 Å². The molecule has 0 aliphatic heterocycles. The summed E-state index contributed by atoms with van der Waals surface area (Å²) in [7, 11) is 0. The van der Waals surface area contributed by atoms with E-state index in [1.807, 2.05) is 27.7 Å². The summed E-state index contributed by atoms with van der Waals surface area (Å²) in [6.07, 6.45) is 21.9. The van der Waals surface area contributed by atoms with Crippen LogP contribution in [-0.4, -0.2) is 0 Å². The van der Waals surface area contributed by atoms with Crippen LogP contribution in [0.25, 0.3) is 0 Å². The number of allylic oxidation sites excluding steroid dienone is 12. The largest absolute Gasteiger partial charge is 0.0779 e. The minimum Gasteiger partial charge on any atom is -0.0779 e. The van der Waals surface area contributed by atoms with Crippen LogP contribution in [0.15, 0.2) is 71.9 Å². The third-order valence-corrected chi connectivity index (χ3v) is 2.82. The summed E-state index contributed by atoms with van der Waals surface area (Å²) >= 11 is 0. The predicted octanol–water partition coefficient (Wildman–Crippen LogP) is 6.42. The Morgan fingerprint density at radius 1 is 0.600 bits per heavy atom. The minimum absolute atomic E-state index is 0.505. The Kier molecular flexibility index (Phi) is 10.4. The maximum absolute atomic E-state index is 2.31. The van der Waals surface area contributed by atoms with E-state index in [1.165, 1.54) is 11.1 Å². The summed E-state index contributed by atoms with van der Waals surface area (Å²) in [6.45, 7) is 12.4. The third-order valence-electron chi connectivity index (χ3n) is 2.82. The van der Waals surface area contributed by atoms with Crippen molar-refractivity contribution in [2.75, 3.05) is 0 Å². The van der Waals surface area contributed by atoms with E-state index in [1.54, 1.807) is 0 Å². The highest BCUT2D eigenvalue weighted by molar-refractivity contribution is 5.50. The average molecular weight is 270 g/mol. The van der Waals surface area contributed by atoms with Crippen LogP contribution in [0.1, 0.15) is 41.5 Å². The first-order valence-corrected chi connectivity index (χ1v) is 7.89. The maximum Gasteiger partial charge on any atom is -0.00696 e. The Hall–Kier alpha value is -1.56. The quantitative estimate of drug-likeness (QED) is 0.516. The van der Waals surface area contributed by atoms with Crippen LogP contribution < -0.4 is 0 Å². The van der Waals surface area contributed by atoms with E-state index < -0.39 is 0 Å². The van der Waals surface area contributed by atoms with E-state index in [4.69, 9.17) is 0 Å². The molecule has 2 aliphatic carbocycles. The van der Waals surface area contributed by atoms with Crippen molar-refractivity contribution in [1.29, 1.82) is 0 Å². The highest BCUT2D eigenvalue weighted by Gasteiger charge is 2.05. The topological polar surface area (TPSA) is 0 Å². The van der Waals surface area contributed by atoms with Gasteiger partial charge in [-0.2, -0.15) is 0 Å². The molecule has 2 unspecified atom stereocenters. The van der Waals surface area contributed by atoms with E-state index in [0.717, 1.165) is 0 Å². The van der Waals surface area contributed by atoms with E-state index in [2.05, 4.69) is 74.6 Å². The lowest BCUT2D eigenvalue weighted by atomic mass is 9.98. The van der Waals surface area contributed by atoms with Crippen molar-refractivity contribution in [1.82, 2.24) is 0 Å². The van der Waals surface area contributed by atoms with Crippen molar-refractivity contribution in [2.45, 2.75) is 41.5 Å². The molecular formula is C20H30. The first kappa shape index (κ1) is 18.4. The molecule has 0 bridgehead atoms. The van der Waals surface area contributed by atoms with Gasteiger partial charge < -0.3 is 0 Å². The van der Waals surface area contributed by atoms with Gasteiger partial charge in [0.25, 0.3) is 0 Å².